The summed E-state index contributed by atoms with van der Waals surface area (Å²) in [6, 6.07) is 5.64. The lowest BCUT2D eigenvalue weighted by Crippen LogP contribution is -2.38. The molecule has 1 saturated heterocycles. The van der Waals surface area contributed by atoms with Crippen molar-refractivity contribution in [3.8, 4) is 5.75 Å². The first-order valence-electron chi connectivity index (χ1n) is 11.6. The molecule has 2 heterocycles. The number of aliphatic hydroxyl groups excluding tert-OH is 1. The number of carbonyl (C=O) groups excluding carboxylic acids is 1. The second kappa shape index (κ2) is 12.4. The number of H-pyrrole nitrogens is 1. The highest BCUT2D eigenvalue weighted by Crippen LogP contribution is 2.46. The van der Waals surface area contributed by atoms with Crippen molar-refractivity contribution >= 4 is 13.7 Å². The Balaban J connectivity index is 1.84. The molecule has 38 heavy (non-hydrogen) atoms. The van der Waals surface area contributed by atoms with Crippen molar-refractivity contribution < 1.29 is 33.0 Å². The van der Waals surface area contributed by atoms with Gasteiger partial charge in [-0.2, -0.15) is 5.09 Å². The molecule has 206 valence electrons. The van der Waals surface area contributed by atoms with Gasteiger partial charge in [-0.25, -0.2) is 9.36 Å². The number of aliphatic hydroxyl groups is 1. The molecular weight excluding hydrogens is 523 g/mol. The summed E-state index contributed by atoms with van der Waals surface area (Å²) in [6.45, 7) is 5.62. The smallest absolute Gasteiger partial charge is 0.459 e. The minimum absolute atomic E-state index is 0.167. The van der Waals surface area contributed by atoms with Crippen LogP contribution in [0.5, 0.6) is 5.75 Å². The van der Waals surface area contributed by atoms with Crippen LogP contribution in [0.4, 0.5) is 0 Å². The Bertz CT molecular complexity index is 1340. The summed E-state index contributed by atoms with van der Waals surface area (Å²) in [6.07, 6.45) is -3.27. The number of esters is 1. The molecule has 1 aliphatic rings. The minimum Gasteiger partial charge on any atom is -0.462 e. The van der Waals surface area contributed by atoms with Crippen molar-refractivity contribution in [3.05, 3.63) is 73.4 Å². The fourth-order valence-electron chi connectivity index (χ4n) is 3.56. The molecule has 1 aromatic heterocycles. The first kappa shape index (κ1) is 29.1. The van der Waals surface area contributed by atoms with E-state index in [4.69, 9.17) is 24.1 Å². The average molecular weight is 552 g/mol. The Labute approximate surface area is 216 Å². The summed E-state index contributed by atoms with van der Waals surface area (Å²) in [7, 11) is -4.29. The van der Waals surface area contributed by atoms with Crippen molar-refractivity contribution in [2.75, 3.05) is 6.61 Å². The van der Waals surface area contributed by atoms with Crippen molar-refractivity contribution in [2.24, 2.45) is 5.11 Å². The van der Waals surface area contributed by atoms with Gasteiger partial charge in [0.25, 0.3) is 5.56 Å². The highest BCUT2D eigenvalue weighted by Gasteiger charge is 2.46. The van der Waals surface area contributed by atoms with Crippen LogP contribution in [0.3, 0.4) is 0 Å². The Kier molecular flexibility index (Phi) is 9.50. The van der Waals surface area contributed by atoms with Crippen molar-refractivity contribution in [1.29, 1.82) is 0 Å². The third-order valence-electron chi connectivity index (χ3n) is 5.38. The van der Waals surface area contributed by atoms with Crippen molar-refractivity contribution in [3.63, 3.8) is 0 Å². The molecule has 0 aliphatic carbocycles. The number of azide groups is 1. The number of nitrogens with one attached hydrogen (secondary N) is 2. The molecule has 3 N–H and O–H groups in total. The number of ether oxygens (including phenoxy) is 2. The van der Waals surface area contributed by atoms with Crippen LogP contribution in [0.1, 0.15) is 32.6 Å². The van der Waals surface area contributed by atoms with Crippen LogP contribution in [0, 0.1) is 6.92 Å². The molecule has 0 bridgehead atoms. The van der Waals surface area contributed by atoms with Gasteiger partial charge in [-0.3, -0.25) is 23.7 Å². The lowest BCUT2D eigenvalue weighted by atomic mass is 10.1. The summed E-state index contributed by atoms with van der Waals surface area (Å²) in [4.78, 5) is 41.3. The molecule has 1 aliphatic heterocycles. The molecule has 0 saturated carbocycles. The second-order valence-corrected chi connectivity index (χ2v) is 10.5. The molecule has 15 nitrogen and oxygen atoms in total. The standard InChI is InChI=1S/C22H29N6O9P/c1-12(2)35-21(31)14(4)26-38(33,37-15-8-6-5-7-9-15)34-11-16-18(29)17(25-27-23)20(36-16)28-10-13(3)19(30)24-22(28)32/h5-10,12,14,16-18,20,29H,11H2,1-4H3,(H,26,33)(H,24,30,32)/t14-,16-,17?,18-,20-,38?/m1/s1. The van der Waals surface area contributed by atoms with E-state index in [0.717, 1.165) is 4.57 Å². The van der Waals surface area contributed by atoms with E-state index in [1.807, 2.05) is 0 Å². The zero-order valence-electron chi connectivity index (χ0n) is 21.1. The molecule has 2 aromatic rings. The van der Waals surface area contributed by atoms with E-state index in [1.165, 1.54) is 32.2 Å². The third kappa shape index (κ3) is 7.10. The maximum Gasteiger partial charge on any atom is 0.459 e. The number of rotatable bonds is 11. The fourth-order valence-corrected chi connectivity index (χ4v) is 5.06. The zero-order chi connectivity index (χ0) is 28.0. The maximum absolute atomic E-state index is 13.7. The molecule has 0 spiro atoms. The minimum atomic E-state index is -4.29. The number of para-hydroxylation sites is 1. The topological polar surface area (TPSA) is 207 Å². The van der Waals surface area contributed by atoms with E-state index in [1.54, 1.807) is 32.0 Å². The van der Waals surface area contributed by atoms with E-state index in [9.17, 15) is 24.1 Å². The number of hydrogen-bond donors (Lipinski definition) is 3. The molecular formula is C22H29N6O9P. The molecule has 16 heteroatoms. The van der Waals surface area contributed by atoms with Crippen LogP contribution in [0.25, 0.3) is 10.4 Å². The quantitative estimate of drug-likeness (QED) is 0.121. The van der Waals surface area contributed by atoms with Crippen LogP contribution >= 0.6 is 7.75 Å². The number of aromatic nitrogens is 2. The first-order valence-corrected chi connectivity index (χ1v) is 13.2. The van der Waals surface area contributed by atoms with Gasteiger partial charge in [-0.15, -0.1) is 0 Å². The predicted molar refractivity (Wildman–Crippen MR) is 133 cm³/mol. The van der Waals surface area contributed by atoms with E-state index in [0.29, 0.717) is 0 Å². The number of benzene rings is 1. The Hall–Kier alpha value is -3.45. The molecule has 2 unspecified atom stereocenters. The SMILES string of the molecule is Cc1cn([C@@H]2O[C@H](COP(=O)(N[C@H](C)C(=O)OC(C)C)Oc3ccccc3)[C@@H](O)C2N=[N+]=[N-])c(=O)[nH]c1=O. The van der Waals surface area contributed by atoms with Crippen LogP contribution in [-0.2, 0) is 23.4 Å². The van der Waals surface area contributed by atoms with E-state index < -0.39 is 68.2 Å². The van der Waals surface area contributed by atoms with Crippen LogP contribution in [0.2, 0.25) is 0 Å². The van der Waals surface area contributed by atoms with Gasteiger partial charge in [0.05, 0.1) is 18.8 Å². The largest absolute Gasteiger partial charge is 0.462 e. The first-order chi connectivity index (χ1) is 17.9. The fraction of sp³-hybridized carbons (Fsp3) is 0.500. The molecule has 0 amide bonds. The molecule has 1 fully saturated rings. The molecule has 6 atom stereocenters. The van der Waals surface area contributed by atoms with Gasteiger partial charge in [-0.1, -0.05) is 23.3 Å². The highest BCUT2D eigenvalue weighted by atomic mass is 31.2. The van der Waals surface area contributed by atoms with Crippen LogP contribution in [0.15, 0.2) is 51.2 Å². The number of nitrogens with zero attached hydrogens (tertiary/aromatic N) is 4. The van der Waals surface area contributed by atoms with Gasteiger partial charge >= 0.3 is 19.4 Å². The molecule has 1 aromatic carbocycles. The highest BCUT2D eigenvalue weighted by molar-refractivity contribution is 7.52. The molecule has 0 radical (unpaired) electrons. The lowest BCUT2D eigenvalue weighted by molar-refractivity contribution is -0.149. The van der Waals surface area contributed by atoms with Crippen molar-refractivity contribution in [1.82, 2.24) is 14.6 Å². The Morgan fingerprint density at radius 1 is 1.32 bits per heavy atom. The monoisotopic (exact) mass is 552 g/mol. The van der Waals surface area contributed by atoms with Crippen LogP contribution < -0.4 is 20.9 Å². The van der Waals surface area contributed by atoms with Gasteiger partial charge in [-0.05, 0) is 45.4 Å². The Morgan fingerprint density at radius 2 is 2.00 bits per heavy atom. The number of hydrogen-bond acceptors (Lipinski definition) is 10. The van der Waals surface area contributed by atoms with Gasteiger partial charge in [0.1, 0.15) is 30.2 Å². The van der Waals surface area contributed by atoms with E-state index >= 15 is 0 Å². The number of aromatic amines is 1. The lowest BCUT2D eigenvalue weighted by Gasteiger charge is -2.25. The summed E-state index contributed by atoms with van der Waals surface area (Å²) in [5, 5.41) is 16.8. The summed E-state index contributed by atoms with van der Waals surface area (Å²) < 4.78 is 36.6. The summed E-state index contributed by atoms with van der Waals surface area (Å²) in [5.74, 6) is -0.533. The maximum atomic E-state index is 13.7. The number of carbonyl (C=O) groups is 1. The normalized spacial score (nSPS) is 23.3. The third-order valence-corrected chi connectivity index (χ3v) is 7.02. The predicted octanol–water partition coefficient (Wildman–Crippen LogP) is 1.92. The zero-order valence-corrected chi connectivity index (χ0v) is 22.0. The Morgan fingerprint density at radius 3 is 2.63 bits per heavy atom. The summed E-state index contributed by atoms with van der Waals surface area (Å²) >= 11 is 0. The second-order valence-electron chi connectivity index (χ2n) is 8.76. The summed E-state index contributed by atoms with van der Waals surface area (Å²) in [5.41, 5.74) is 7.71. The van der Waals surface area contributed by atoms with Gasteiger partial charge in [0, 0.05) is 16.7 Å². The van der Waals surface area contributed by atoms with E-state index in [2.05, 4.69) is 20.1 Å². The van der Waals surface area contributed by atoms with Gasteiger partial charge < -0.3 is 19.1 Å². The molecule has 3 rings (SSSR count). The van der Waals surface area contributed by atoms with Crippen LogP contribution in [-0.4, -0.2) is 57.6 Å². The van der Waals surface area contributed by atoms with Gasteiger partial charge in [0.15, 0.2) is 0 Å². The van der Waals surface area contributed by atoms with E-state index in [-0.39, 0.29) is 11.3 Å². The average Bonchev–Trinajstić information content (AvgIpc) is 3.15. The number of aryl methyl sites for hydroxylation is 1. The van der Waals surface area contributed by atoms with Crippen molar-refractivity contribution in [2.45, 2.75) is 64.3 Å². The van der Waals surface area contributed by atoms with Gasteiger partial charge in [0.2, 0.25) is 0 Å².